The van der Waals surface area contributed by atoms with Crippen LogP contribution in [0.5, 0.6) is 0 Å². The Morgan fingerprint density at radius 1 is 0.706 bits per heavy atom. The van der Waals surface area contributed by atoms with E-state index in [0.717, 1.165) is 12.8 Å². The normalized spacial score (nSPS) is 27.9. The molecule has 0 unspecified atom stereocenters. The van der Waals surface area contributed by atoms with Gasteiger partial charge in [-0.3, -0.25) is 0 Å². The van der Waals surface area contributed by atoms with Crippen molar-refractivity contribution in [3.05, 3.63) is 0 Å². The predicted octanol–water partition coefficient (Wildman–Crippen LogP) is 3.75. The predicted molar refractivity (Wildman–Crippen MR) is 65.0 cm³/mol. The molecule has 1 rings (SSSR count). The lowest BCUT2D eigenvalue weighted by Gasteiger charge is -2.32. The van der Waals surface area contributed by atoms with E-state index in [9.17, 15) is 0 Å². The number of rotatable bonds is 2. The summed E-state index contributed by atoms with van der Waals surface area (Å²) in [6.45, 7) is 12.1. The van der Waals surface area contributed by atoms with E-state index in [1.807, 2.05) is 41.5 Å². The first kappa shape index (κ1) is 14.9. The first-order valence-corrected chi connectivity index (χ1v) is 6.48. The van der Waals surface area contributed by atoms with Gasteiger partial charge in [0.1, 0.15) is 0 Å². The van der Waals surface area contributed by atoms with Crippen LogP contribution in [0.25, 0.3) is 0 Å². The van der Waals surface area contributed by atoms with Gasteiger partial charge in [0.2, 0.25) is 5.79 Å². The average Bonchev–Trinajstić information content (AvgIpc) is 2.31. The Hall–Kier alpha value is -0.160. The van der Waals surface area contributed by atoms with Gasteiger partial charge in [0, 0.05) is 12.8 Å². The third-order valence-electron chi connectivity index (χ3n) is 3.24. The summed E-state index contributed by atoms with van der Waals surface area (Å²) < 4.78 is 0. The highest BCUT2D eigenvalue weighted by molar-refractivity contribution is 4.76. The Morgan fingerprint density at radius 3 is 1.35 bits per heavy atom. The van der Waals surface area contributed by atoms with Gasteiger partial charge in [-0.1, -0.05) is 13.8 Å². The van der Waals surface area contributed by atoms with Gasteiger partial charge in [-0.15, -0.1) is 0 Å². The highest BCUT2D eigenvalue weighted by Crippen LogP contribution is 2.33. The molecule has 1 saturated heterocycles. The molecule has 1 fully saturated rings. The lowest BCUT2D eigenvalue weighted by atomic mass is 9.94. The van der Waals surface area contributed by atoms with E-state index in [-0.39, 0.29) is 11.2 Å². The molecule has 0 aromatic heterocycles. The molecular weight excluding hydrogens is 220 g/mol. The summed E-state index contributed by atoms with van der Waals surface area (Å²) in [5.74, 6) is -0.807. The molecule has 0 spiro atoms. The molecule has 0 N–H and O–H groups in total. The monoisotopic (exact) mass is 246 g/mol. The third kappa shape index (κ3) is 4.21. The fourth-order valence-electron chi connectivity index (χ4n) is 1.56. The van der Waals surface area contributed by atoms with E-state index in [1.54, 1.807) is 0 Å². The second-order valence-corrected chi connectivity index (χ2v) is 5.97. The summed E-state index contributed by atoms with van der Waals surface area (Å²) >= 11 is 0. The fourth-order valence-corrected chi connectivity index (χ4v) is 1.56. The molecule has 17 heavy (non-hydrogen) atoms. The minimum absolute atomic E-state index is 0.329. The molecule has 0 aliphatic carbocycles. The Labute approximate surface area is 104 Å². The molecule has 0 bridgehead atoms. The maximum Gasteiger partial charge on any atom is 0.233 e. The van der Waals surface area contributed by atoms with Gasteiger partial charge >= 0.3 is 0 Å². The van der Waals surface area contributed by atoms with E-state index >= 15 is 0 Å². The fraction of sp³-hybridized carbons (Fsp3) is 1.00. The molecule has 0 aromatic carbocycles. The van der Waals surface area contributed by atoms with Gasteiger partial charge in [-0.2, -0.15) is 9.78 Å². The lowest BCUT2D eigenvalue weighted by Crippen LogP contribution is -2.38. The van der Waals surface area contributed by atoms with Gasteiger partial charge in [0.15, 0.2) is 0 Å². The van der Waals surface area contributed by atoms with Crippen molar-refractivity contribution in [2.24, 2.45) is 0 Å². The topological polar surface area (TPSA) is 36.9 Å². The Kier molecular flexibility index (Phi) is 4.58. The Morgan fingerprint density at radius 2 is 1.06 bits per heavy atom. The van der Waals surface area contributed by atoms with Crippen molar-refractivity contribution in [2.75, 3.05) is 0 Å². The molecule has 0 amide bonds. The zero-order chi connectivity index (χ0) is 13.2. The van der Waals surface area contributed by atoms with E-state index in [0.29, 0.717) is 12.8 Å². The molecule has 0 radical (unpaired) electrons. The van der Waals surface area contributed by atoms with Crippen LogP contribution in [-0.2, 0) is 19.6 Å². The molecule has 102 valence electrons. The average molecular weight is 246 g/mol. The third-order valence-corrected chi connectivity index (χ3v) is 3.24. The van der Waals surface area contributed by atoms with Crippen LogP contribution in [0.2, 0.25) is 0 Å². The summed E-state index contributed by atoms with van der Waals surface area (Å²) in [5.41, 5.74) is -0.659. The molecule has 4 heteroatoms. The van der Waals surface area contributed by atoms with Crippen molar-refractivity contribution >= 4 is 0 Å². The summed E-state index contributed by atoms with van der Waals surface area (Å²) in [7, 11) is 0. The maximum absolute atomic E-state index is 5.54. The number of hydrogen-bond donors (Lipinski definition) is 0. The SMILES string of the molecule is CCC1(CC)OOC(C)(C)CCC(C)(C)OO1. The van der Waals surface area contributed by atoms with Crippen LogP contribution in [0, 0.1) is 0 Å². The maximum atomic E-state index is 5.54. The molecule has 1 heterocycles. The van der Waals surface area contributed by atoms with E-state index in [1.165, 1.54) is 0 Å². The van der Waals surface area contributed by atoms with E-state index in [4.69, 9.17) is 19.6 Å². The summed E-state index contributed by atoms with van der Waals surface area (Å²) in [4.78, 5) is 22.1. The van der Waals surface area contributed by atoms with Gasteiger partial charge in [-0.05, 0) is 40.5 Å². The minimum atomic E-state index is -0.807. The molecule has 4 nitrogen and oxygen atoms in total. The Bertz CT molecular complexity index is 222. The van der Waals surface area contributed by atoms with E-state index < -0.39 is 5.79 Å². The zero-order valence-corrected chi connectivity index (χ0v) is 12.0. The van der Waals surface area contributed by atoms with Crippen molar-refractivity contribution in [3.63, 3.8) is 0 Å². The molecule has 0 aromatic rings. The van der Waals surface area contributed by atoms with Gasteiger partial charge < -0.3 is 0 Å². The highest BCUT2D eigenvalue weighted by atomic mass is 17.3. The largest absolute Gasteiger partial charge is 0.233 e. The molecular formula is C13H26O4. The van der Waals surface area contributed by atoms with Crippen LogP contribution in [-0.4, -0.2) is 17.0 Å². The van der Waals surface area contributed by atoms with E-state index in [2.05, 4.69) is 0 Å². The van der Waals surface area contributed by atoms with Crippen molar-refractivity contribution in [2.45, 2.75) is 84.2 Å². The van der Waals surface area contributed by atoms with Gasteiger partial charge in [0.05, 0.1) is 11.2 Å². The van der Waals surface area contributed by atoms with Crippen LogP contribution in [0.15, 0.2) is 0 Å². The molecule has 0 saturated carbocycles. The zero-order valence-electron chi connectivity index (χ0n) is 12.0. The standard InChI is InChI=1S/C13H26O4/c1-7-13(8-2)16-14-11(3,4)9-10-12(5,6)15-17-13/h7-10H2,1-6H3. The van der Waals surface area contributed by atoms with Crippen LogP contribution >= 0.6 is 0 Å². The van der Waals surface area contributed by atoms with Crippen molar-refractivity contribution in [1.82, 2.24) is 0 Å². The van der Waals surface area contributed by atoms with Crippen LogP contribution in [0.3, 0.4) is 0 Å². The lowest BCUT2D eigenvalue weighted by molar-refractivity contribution is -0.537. The highest BCUT2D eigenvalue weighted by Gasteiger charge is 2.39. The second-order valence-electron chi connectivity index (χ2n) is 5.97. The summed E-state index contributed by atoms with van der Waals surface area (Å²) in [5, 5.41) is 0. The summed E-state index contributed by atoms with van der Waals surface area (Å²) in [6.07, 6.45) is 3.06. The van der Waals surface area contributed by atoms with Gasteiger partial charge in [0.25, 0.3) is 0 Å². The molecule has 0 atom stereocenters. The van der Waals surface area contributed by atoms with Crippen molar-refractivity contribution in [1.29, 1.82) is 0 Å². The van der Waals surface area contributed by atoms with Crippen LogP contribution in [0.1, 0.15) is 67.2 Å². The molecule has 1 aliphatic rings. The van der Waals surface area contributed by atoms with Crippen molar-refractivity contribution < 1.29 is 19.6 Å². The van der Waals surface area contributed by atoms with Gasteiger partial charge in [-0.25, -0.2) is 9.78 Å². The van der Waals surface area contributed by atoms with Crippen LogP contribution < -0.4 is 0 Å². The first-order chi connectivity index (χ1) is 7.74. The quantitative estimate of drug-likeness (QED) is 0.695. The smallest absolute Gasteiger partial charge is 0.228 e. The number of hydrogen-bond acceptors (Lipinski definition) is 4. The first-order valence-electron chi connectivity index (χ1n) is 6.48. The Balaban J connectivity index is 2.85. The molecule has 1 aliphatic heterocycles. The second kappa shape index (κ2) is 5.22. The minimum Gasteiger partial charge on any atom is -0.228 e. The van der Waals surface area contributed by atoms with Crippen molar-refractivity contribution in [3.8, 4) is 0 Å². The summed E-state index contributed by atoms with van der Waals surface area (Å²) in [6, 6.07) is 0. The van der Waals surface area contributed by atoms with Crippen LogP contribution in [0.4, 0.5) is 0 Å².